The molecule has 1 aliphatic rings. The highest BCUT2D eigenvalue weighted by molar-refractivity contribution is 7.55. The van der Waals surface area contributed by atoms with Crippen molar-refractivity contribution in [3.05, 3.63) is 11.1 Å². The predicted octanol–water partition coefficient (Wildman–Crippen LogP) is 4.25. The Morgan fingerprint density at radius 1 is 1.00 bits per heavy atom. The van der Waals surface area contributed by atoms with E-state index in [1.807, 2.05) is 13.8 Å². The highest BCUT2D eigenvalue weighted by Crippen LogP contribution is 2.66. The van der Waals surface area contributed by atoms with Crippen molar-refractivity contribution in [3.8, 4) is 0 Å². The molecule has 0 saturated heterocycles. The standard InChI is InChI=1S/C21H36NO8P/c1-11-28-31(25,29-12-2)21(8)15(18(24)27-10)14(17(23)26-9)16(30-21)22-20(6,7)13-19(3,4)5/h11-13H2,1-10H3. The van der Waals surface area contributed by atoms with Crippen molar-refractivity contribution in [2.45, 2.75) is 72.7 Å². The third-order valence-electron chi connectivity index (χ3n) is 4.49. The molecule has 0 amide bonds. The summed E-state index contributed by atoms with van der Waals surface area (Å²) in [5.74, 6) is -1.95. The van der Waals surface area contributed by atoms with Crippen LogP contribution in [0.4, 0.5) is 0 Å². The quantitative estimate of drug-likeness (QED) is 0.370. The summed E-state index contributed by atoms with van der Waals surface area (Å²) in [7, 11) is -1.79. The first-order valence-electron chi connectivity index (χ1n) is 10.2. The topological polar surface area (TPSA) is 110 Å². The van der Waals surface area contributed by atoms with E-state index in [4.69, 9.17) is 23.3 Å². The van der Waals surface area contributed by atoms with E-state index in [0.717, 1.165) is 7.11 Å². The molecule has 0 bridgehead atoms. The number of rotatable bonds is 9. The smallest absolute Gasteiger partial charge is 0.378 e. The molecule has 0 spiro atoms. The van der Waals surface area contributed by atoms with E-state index in [1.165, 1.54) is 14.0 Å². The fourth-order valence-corrected chi connectivity index (χ4v) is 5.74. The summed E-state index contributed by atoms with van der Waals surface area (Å²) in [6.07, 6.45) is 0.639. The molecular formula is C21H36NO8P. The van der Waals surface area contributed by atoms with Gasteiger partial charge < -0.3 is 23.3 Å². The monoisotopic (exact) mass is 461 g/mol. The zero-order valence-corrected chi connectivity index (χ0v) is 21.2. The first kappa shape index (κ1) is 27.3. The van der Waals surface area contributed by atoms with Gasteiger partial charge in [0.2, 0.25) is 11.2 Å². The Bertz CT molecular complexity index is 799. The molecule has 0 aromatic heterocycles. The maximum atomic E-state index is 13.7. The summed E-state index contributed by atoms with van der Waals surface area (Å²) in [6, 6.07) is 0. The largest absolute Gasteiger partial charge is 0.466 e. The second-order valence-corrected chi connectivity index (χ2v) is 11.5. The van der Waals surface area contributed by atoms with Gasteiger partial charge in [0, 0.05) is 0 Å². The zero-order valence-electron chi connectivity index (χ0n) is 20.3. The van der Waals surface area contributed by atoms with Crippen molar-refractivity contribution in [1.82, 2.24) is 0 Å². The first-order valence-corrected chi connectivity index (χ1v) is 11.8. The van der Waals surface area contributed by atoms with Gasteiger partial charge in [0.05, 0.1) is 33.0 Å². The fraction of sp³-hybridized carbons (Fsp3) is 0.762. The molecule has 0 aromatic rings. The van der Waals surface area contributed by atoms with Gasteiger partial charge in [0.15, 0.2) is 0 Å². The van der Waals surface area contributed by atoms with E-state index in [-0.39, 0.29) is 35.7 Å². The Hall–Kier alpha value is -1.70. The second-order valence-electron chi connectivity index (χ2n) is 9.12. The van der Waals surface area contributed by atoms with E-state index < -0.39 is 30.4 Å². The van der Waals surface area contributed by atoms with Gasteiger partial charge in [-0.15, -0.1) is 0 Å². The van der Waals surface area contributed by atoms with Gasteiger partial charge in [0.1, 0.15) is 11.1 Å². The van der Waals surface area contributed by atoms with Gasteiger partial charge in [-0.25, -0.2) is 14.6 Å². The van der Waals surface area contributed by atoms with Gasteiger partial charge in [-0.2, -0.15) is 0 Å². The average molecular weight is 461 g/mol. The third-order valence-corrected chi connectivity index (χ3v) is 7.05. The van der Waals surface area contributed by atoms with Crippen LogP contribution in [0.1, 0.15) is 61.8 Å². The number of esters is 2. The van der Waals surface area contributed by atoms with Crippen LogP contribution in [0.2, 0.25) is 0 Å². The van der Waals surface area contributed by atoms with Gasteiger partial charge in [-0.1, -0.05) is 20.8 Å². The minimum atomic E-state index is -4.10. The molecule has 178 valence electrons. The summed E-state index contributed by atoms with van der Waals surface area (Å²) in [5, 5.41) is -1.95. The van der Waals surface area contributed by atoms with E-state index >= 15 is 0 Å². The van der Waals surface area contributed by atoms with Crippen molar-refractivity contribution in [2.24, 2.45) is 10.4 Å². The van der Waals surface area contributed by atoms with Crippen LogP contribution in [0, 0.1) is 5.41 Å². The van der Waals surface area contributed by atoms with E-state index in [9.17, 15) is 14.2 Å². The van der Waals surface area contributed by atoms with Crippen LogP contribution in [0.25, 0.3) is 0 Å². The van der Waals surface area contributed by atoms with Crippen molar-refractivity contribution >= 4 is 25.4 Å². The molecule has 1 unspecified atom stereocenters. The van der Waals surface area contributed by atoms with E-state index in [1.54, 1.807) is 13.8 Å². The van der Waals surface area contributed by atoms with Gasteiger partial charge in [-0.3, -0.25) is 4.57 Å². The van der Waals surface area contributed by atoms with Crippen molar-refractivity contribution in [1.29, 1.82) is 0 Å². The molecule has 31 heavy (non-hydrogen) atoms. The first-order chi connectivity index (χ1) is 14.1. The lowest BCUT2D eigenvalue weighted by atomic mass is 9.82. The van der Waals surface area contributed by atoms with Crippen molar-refractivity contribution in [2.75, 3.05) is 27.4 Å². The number of hydrogen-bond donors (Lipinski definition) is 0. The highest BCUT2D eigenvalue weighted by Gasteiger charge is 2.62. The normalized spacial score (nSPS) is 21.3. The Labute approximate surface area is 185 Å². The van der Waals surface area contributed by atoms with E-state index in [2.05, 4.69) is 25.8 Å². The fourth-order valence-electron chi connectivity index (χ4n) is 3.82. The lowest BCUT2D eigenvalue weighted by Crippen LogP contribution is -2.34. The molecule has 0 radical (unpaired) electrons. The van der Waals surface area contributed by atoms with Gasteiger partial charge in [-0.05, 0) is 46.5 Å². The number of methoxy groups -OCH3 is 2. The highest BCUT2D eigenvalue weighted by atomic mass is 31.2. The van der Waals surface area contributed by atoms with Gasteiger partial charge in [0.25, 0.3) is 0 Å². The Morgan fingerprint density at radius 3 is 1.87 bits per heavy atom. The molecular weight excluding hydrogens is 425 g/mol. The predicted molar refractivity (Wildman–Crippen MR) is 117 cm³/mol. The minimum absolute atomic E-state index is 0.0280. The number of ether oxygens (including phenoxy) is 3. The Balaban J connectivity index is 3.87. The van der Waals surface area contributed by atoms with Crippen LogP contribution in [-0.2, 0) is 37.4 Å². The number of carbonyl (C=O) groups is 2. The lowest BCUT2D eigenvalue weighted by Gasteiger charge is -2.33. The molecule has 0 N–H and O–H groups in total. The van der Waals surface area contributed by atoms with E-state index in [0.29, 0.717) is 6.42 Å². The van der Waals surface area contributed by atoms with Crippen LogP contribution in [0.15, 0.2) is 16.1 Å². The summed E-state index contributed by atoms with van der Waals surface area (Å²) in [6.45, 7) is 14.6. The SMILES string of the molecule is CCOP(=O)(OCC)C1(C)OC(=NC(C)(C)CC(C)(C)C)C(C(=O)OC)=C1C(=O)OC. The maximum absolute atomic E-state index is 13.7. The van der Waals surface area contributed by atoms with Crippen molar-refractivity contribution in [3.63, 3.8) is 0 Å². The minimum Gasteiger partial charge on any atom is -0.466 e. The van der Waals surface area contributed by atoms with Crippen LogP contribution in [0.5, 0.6) is 0 Å². The summed E-state index contributed by atoms with van der Waals surface area (Å²) in [5.41, 5.74) is -1.32. The van der Waals surface area contributed by atoms with Gasteiger partial charge >= 0.3 is 19.5 Å². The molecule has 9 nitrogen and oxygen atoms in total. The average Bonchev–Trinajstić information content (AvgIpc) is 2.91. The molecule has 1 atom stereocenters. The zero-order chi connectivity index (χ0) is 24.3. The molecule has 1 aliphatic heterocycles. The summed E-state index contributed by atoms with van der Waals surface area (Å²) < 4.78 is 40.5. The number of hydrogen-bond acceptors (Lipinski definition) is 9. The molecule has 0 aromatic carbocycles. The number of aliphatic imine (C=N–C) groups is 1. The molecule has 1 heterocycles. The second kappa shape index (κ2) is 9.84. The molecule has 0 fully saturated rings. The van der Waals surface area contributed by atoms with Crippen LogP contribution in [-0.4, -0.2) is 56.2 Å². The number of nitrogens with zero attached hydrogens (tertiary/aromatic N) is 1. The Kier molecular flexibility index (Phi) is 8.68. The van der Waals surface area contributed by atoms with Crippen molar-refractivity contribution < 1.29 is 37.4 Å². The van der Waals surface area contributed by atoms with Crippen LogP contribution >= 0.6 is 7.60 Å². The molecule has 10 heteroatoms. The molecule has 1 rings (SSSR count). The Morgan fingerprint density at radius 2 is 1.48 bits per heavy atom. The number of carbonyl (C=O) groups excluding carboxylic acids is 2. The summed E-state index contributed by atoms with van der Waals surface area (Å²) >= 11 is 0. The van der Waals surface area contributed by atoms with Crippen LogP contribution < -0.4 is 0 Å². The van der Waals surface area contributed by atoms with Crippen LogP contribution in [0.3, 0.4) is 0 Å². The third kappa shape index (κ3) is 5.96. The lowest BCUT2D eigenvalue weighted by molar-refractivity contribution is -0.139. The summed E-state index contributed by atoms with van der Waals surface area (Å²) in [4.78, 5) is 30.2. The molecule has 0 saturated carbocycles. The maximum Gasteiger partial charge on any atom is 0.378 e. The molecule has 0 aliphatic carbocycles.